The Kier molecular flexibility index (Phi) is 17.0. The molecule has 0 bridgehead atoms. The number of rotatable bonds is 20. The van der Waals surface area contributed by atoms with Gasteiger partial charge in [0.1, 0.15) is 0 Å². The number of hydrogen-bond donors (Lipinski definition) is 3. The number of ether oxygens (including phenoxy) is 2. The van der Waals surface area contributed by atoms with Crippen molar-refractivity contribution >= 4 is 23.5 Å². The minimum Gasteiger partial charge on any atom is -0.386 e. The fraction of sp³-hybridized carbons (Fsp3) is 0.744. The first kappa shape index (κ1) is 43.3. The maximum atomic E-state index is 14.1. The summed E-state index contributed by atoms with van der Waals surface area (Å²) in [6.07, 6.45) is 0.349. The molecule has 3 amide bonds. The van der Waals surface area contributed by atoms with Crippen molar-refractivity contribution in [3.63, 3.8) is 0 Å². The van der Waals surface area contributed by atoms with Crippen LogP contribution in [0.15, 0.2) is 30.3 Å². The highest BCUT2D eigenvalue weighted by Crippen LogP contribution is 2.31. The number of Topliss-reactive ketones (excluding diaryl/α,β-unsaturated/α-hetero) is 1. The van der Waals surface area contributed by atoms with Crippen molar-refractivity contribution in [3.8, 4) is 0 Å². The summed E-state index contributed by atoms with van der Waals surface area (Å²) in [6.45, 7) is 15.7. The zero-order valence-electron chi connectivity index (χ0n) is 32.7. The largest absolute Gasteiger partial charge is 0.386 e. The maximum Gasteiger partial charge on any atom is 0.226 e. The molecule has 0 aliphatic carbocycles. The number of aliphatic hydroxyl groups is 1. The number of nitrogens with one attached hydrogen (secondary N) is 2. The Balaban J connectivity index is 2.24. The molecule has 9 atom stereocenters. The molecular formula is C39H66N4O7. The van der Waals surface area contributed by atoms with E-state index in [1.165, 1.54) is 0 Å². The molecule has 1 aromatic carbocycles. The van der Waals surface area contributed by atoms with Crippen molar-refractivity contribution < 1.29 is 33.8 Å². The van der Waals surface area contributed by atoms with Gasteiger partial charge in [0.2, 0.25) is 17.7 Å². The second-order valence-electron chi connectivity index (χ2n) is 15.1. The van der Waals surface area contributed by atoms with Crippen LogP contribution in [-0.4, -0.2) is 109 Å². The molecule has 0 radical (unpaired) electrons. The summed E-state index contributed by atoms with van der Waals surface area (Å²) < 4.78 is 11.9. The number of hydrogen-bond acceptors (Lipinski definition) is 8. The number of likely N-dealkylation sites (N-methyl/N-ethyl adjacent to an activating group) is 2. The van der Waals surface area contributed by atoms with Crippen molar-refractivity contribution in [1.29, 1.82) is 0 Å². The Bertz CT molecular complexity index is 1240. The molecule has 3 N–H and O–H groups in total. The van der Waals surface area contributed by atoms with Gasteiger partial charge in [-0.05, 0) is 58.1 Å². The Morgan fingerprint density at radius 2 is 1.64 bits per heavy atom. The lowest BCUT2D eigenvalue weighted by atomic mass is 9.83. The molecule has 0 aromatic heterocycles. The van der Waals surface area contributed by atoms with Gasteiger partial charge in [0.25, 0.3) is 0 Å². The number of aliphatic hydroxyl groups excluding tert-OH is 1. The van der Waals surface area contributed by atoms with Gasteiger partial charge >= 0.3 is 0 Å². The van der Waals surface area contributed by atoms with Crippen LogP contribution in [0.1, 0.15) is 99.2 Å². The molecular weight excluding hydrogens is 636 g/mol. The van der Waals surface area contributed by atoms with Crippen molar-refractivity contribution in [1.82, 2.24) is 20.4 Å². The van der Waals surface area contributed by atoms with E-state index in [-0.39, 0.29) is 54.2 Å². The highest BCUT2D eigenvalue weighted by atomic mass is 16.5. The first-order valence-corrected chi connectivity index (χ1v) is 18.3. The first-order chi connectivity index (χ1) is 23.5. The van der Waals surface area contributed by atoms with Gasteiger partial charge in [0.15, 0.2) is 5.78 Å². The highest BCUT2D eigenvalue weighted by molar-refractivity contribution is 5.92. The quantitative estimate of drug-likeness (QED) is 0.182. The Morgan fingerprint density at radius 3 is 2.16 bits per heavy atom. The predicted molar refractivity (Wildman–Crippen MR) is 196 cm³/mol. The summed E-state index contributed by atoms with van der Waals surface area (Å²) in [4.78, 5) is 58.3. The minimum atomic E-state index is -0.871. The average Bonchev–Trinajstić information content (AvgIpc) is 3.59. The van der Waals surface area contributed by atoms with E-state index in [9.17, 15) is 24.3 Å². The molecule has 2 rings (SSSR count). The van der Waals surface area contributed by atoms with E-state index in [2.05, 4.69) is 24.5 Å². The standard InChI is InChI=1S/C39H66N4O7/c1-13-25(4)34(42(10)38(48)29(24(2)3)22-32(44)39(7,8)40-9)31(49-11)23-33(45)43-21-17-20-30(43)36(50-12)26(5)37(47)41-27(6)35(46)28-18-15-14-16-19-28/h14-16,18-19,24-27,29-31,34-36,40,46H,13,17,20-23H2,1-12H3,(H,41,47)/t25-,26+,27+,29-,30-,31+,34-,35+,36+/m0/s1. The molecule has 1 aliphatic heterocycles. The monoisotopic (exact) mass is 702 g/mol. The Hall–Kier alpha value is -2.86. The van der Waals surface area contributed by atoms with Crippen LogP contribution in [0, 0.1) is 23.7 Å². The van der Waals surface area contributed by atoms with Gasteiger partial charge < -0.3 is 35.0 Å². The summed E-state index contributed by atoms with van der Waals surface area (Å²) >= 11 is 0. The fourth-order valence-corrected chi connectivity index (χ4v) is 7.14. The molecule has 1 aliphatic rings. The van der Waals surface area contributed by atoms with Crippen LogP contribution >= 0.6 is 0 Å². The van der Waals surface area contributed by atoms with E-state index in [0.717, 1.165) is 12.8 Å². The summed E-state index contributed by atoms with van der Waals surface area (Å²) in [6, 6.07) is 7.93. The number of nitrogens with zero attached hydrogens (tertiary/aromatic N) is 2. The first-order valence-electron chi connectivity index (χ1n) is 18.3. The topological polar surface area (TPSA) is 138 Å². The van der Waals surface area contributed by atoms with E-state index < -0.39 is 47.8 Å². The molecule has 1 fully saturated rings. The number of carbonyl (C=O) groups is 4. The predicted octanol–water partition coefficient (Wildman–Crippen LogP) is 4.37. The van der Waals surface area contributed by atoms with E-state index >= 15 is 0 Å². The van der Waals surface area contributed by atoms with Crippen LogP contribution in [0.2, 0.25) is 0 Å². The summed E-state index contributed by atoms with van der Waals surface area (Å²) in [7, 11) is 6.63. The van der Waals surface area contributed by atoms with Crippen molar-refractivity contribution in [2.24, 2.45) is 23.7 Å². The maximum absolute atomic E-state index is 14.1. The van der Waals surface area contributed by atoms with Crippen molar-refractivity contribution in [2.75, 3.05) is 34.9 Å². The van der Waals surface area contributed by atoms with Crippen LogP contribution in [0.5, 0.6) is 0 Å². The number of benzene rings is 1. The van der Waals surface area contributed by atoms with Crippen LogP contribution in [-0.2, 0) is 28.7 Å². The molecule has 11 heteroatoms. The van der Waals surface area contributed by atoms with Crippen molar-refractivity contribution in [2.45, 2.75) is 129 Å². The smallest absolute Gasteiger partial charge is 0.226 e. The molecule has 0 unspecified atom stereocenters. The molecule has 1 heterocycles. The van der Waals surface area contributed by atoms with Gasteiger partial charge in [-0.2, -0.15) is 0 Å². The van der Waals surface area contributed by atoms with Crippen LogP contribution in [0.25, 0.3) is 0 Å². The number of methoxy groups -OCH3 is 2. The molecule has 284 valence electrons. The third kappa shape index (κ3) is 10.8. The molecule has 1 aromatic rings. The zero-order chi connectivity index (χ0) is 37.9. The zero-order valence-corrected chi connectivity index (χ0v) is 32.7. The van der Waals surface area contributed by atoms with E-state index in [4.69, 9.17) is 9.47 Å². The summed E-state index contributed by atoms with van der Waals surface area (Å²) in [5.41, 5.74) is -0.0408. The molecule has 1 saturated heterocycles. The van der Waals surface area contributed by atoms with Crippen LogP contribution < -0.4 is 10.6 Å². The number of carbonyl (C=O) groups excluding carboxylic acids is 4. The lowest BCUT2D eigenvalue weighted by molar-refractivity contribution is -0.149. The van der Waals surface area contributed by atoms with Gasteiger partial charge in [-0.15, -0.1) is 0 Å². The van der Waals surface area contributed by atoms with E-state index in [1.807, 2.05) is 58.0 Å². The van der Waals surface area contributed by atoms with Gasteiger partial charge in [-0.25, -0.2) is 0 Å². The Labute approximate surface area is 301 Å². The van der Waals surface area contributed by atoms with Crippen LogP contribution in [0.3, 0.4) is 0 Å². The lowest BCUT2D eigenvalue weighted by Gasteiger charge is -2.41. The van der Waals surface area contributed by atoms with Gasteiger partial charge in [-0.3, -0.25) is 19.2 Å². The van der Waals surface area contributed by atoms with Gasteiger partial charge in [0, 0.05) is 40.2 Å². The number of amides is 3. The van der Waals surface area contributed by atoms with Gasteiger partial charge in [-0.1, -0.05) is 71.4 Å². The normalized spacial score (nSPS) is 20.0. The van der Waals surface area contributed by atoms with Gasteiger partial charge in [0.05, 0.1) is 54.3 Å². The Morgan fingerprint density at radius 1 is 1.02 bits per heavy atom. The second-order valence-corrected chi connectivity index (χ2v) is 15.1. The average molecular weight is 703 g/mol. The third-order valence-electron chi connectivity index (χ3n) is 11.1. The van der Waals surface area contributed by atoms with Crippen LogP contribution in [0.4, 0.5) is 0 Å². The van der Waals surface area contributed by atoms with Crippen molar-refractivity contribution in [3.05, 3.63) is 35.9 Å². The third-order valence-corrected chi connectivity index (χ3v) is 11.1. The van der Waals surface area contributed by atoms with E-state index in [0.29, 0.717) is 18.5 Å². The number of ketones is 1. The number of likely N-dealkylation sites (tertiary alicyclic amines) is 1. The molecule has 50 heavy (non-hydrogen) atoms. The fourth-order valence-electron chi connectivity index (χ4n) is 7.14. The SMILES string of the molecule is CC[C@H](C)[C@@H]([C@@H](CC(=O)N1CCC[C@H]1[C@H](OC)[C@@H](C)C(=O)N[C@H](C)[C@@H](O)c1ccccc1)OC)N(C)C(=O)[C@@H](CC(=O)C(C)(C)NC)C(C)C. The van der Waals surface area contributed by atoms with E-state index in [1.54, 1.807) is 52.0 Å². The minimum absolute atomic E-state index is 0.0111. The second kappa shape index (κ2) is 19.7. The summed E-state index contributed by atoms with van der Waals surface area (Å²) in [5, 5.41) is 16.8. The summed E-state index contributed by atoms with van der Waals surface area (Å²) in [5.74, 6) is -1.72. The lowest BCUT2D eigenvalue weighted by Crippen LogP contribution is -2.55. The molecule has 0 saturated carbocycles. The molecule has 0 spiro atoms. The molecule has 11 nitrogen and oxygen atoms in total. The highest BCUT2D eigenvalue weighted by Gasteiger charge is 2.43.